The highest BCUT2D eigenvalue weighted by molar-refractivity contribution is 6.04. The van der Waals surface area contributed by atoms with Crippen LogP contribution in [0.5, 0.6) is 0 Å². The number of carbonyl (C=O) groups is 1. The number of hydrogen-bond acceptors (Lipinski definition) is 7. The minimum Gasteiger partial charge on any atom is -0.355 e. The van der Waals surface area contributed by atoms with Crippen molar-refractivity contribution in [3.8, 4) is 0 Å². The average molecular weight is 596 g/mol. The van der Waals surface area contributed by atoms with Gasteiger partial charge in [0.25, 0.3) is 5.91 Å². The van der Waals surface area contributed by atoms with Crippen molar-refractivity contribution in [3.05, 3.63) is 101 Å². The lowest BCUT2D eigenvalue weighted by Gasteiger charge is -2.35. The topological polar surface area (TPSA) is 75.2 Å². The second kappa shape index (κ2) is 13.9. The summed E-state index contributed by atoms with van der Waals surface area (Å²) < 4.78 is 39.5. The first-order valence-corrected chi connectivity index (χ1v) is 14.3. The van der Waals surface area contributed by atoms with E-state index in [2.05, 4.69) is 49.1 Å². The quantitative estimate of drug-likeness (QED) is 0.186. The lowest BCUT2D eigenvalue weighted by molar-refractivity contribution is -0.137. The van der Waals surface area contributed by atoms with Crippen molar-refractivity contribution in [2.24, 2.45) is 5.10 Å². The molecule has 230 valence electrons. The summed E-state index contributed by atoms with van der Waals surface area (Å²) >= 11 is 0. The zero-order valence-electron chi connectivity index (χ0n) is 25.2. The van der Waals surface area contributed by atoms with E-state index in [0.29, 0.717) is 12.1 Å². The van der Waals surface area contributed by atoms with Crippen LogP contribution < -0.4 is 16.1 Å². The van der Waals surface area contributed by atoms with E-state index < -0.39 is 17.6 Å². The molecular formula is C32H40F3N7O. The molecule has 0 radical (unpaired) electrons. The fourth-order valence-corrected chi connectivity index (χ4v) is 5.26. The molecular weight excluding hydrogens is 555 g/mol. The van der Waals surface area contributed by atoms with Crippen molar-refractivity contribution in [1.82, 2.24) is 25.4 Å². The Morgan fingerprint density at radius 2 is 1.95 bits per heavy atom. The van der Waals surface area contributed by atoms with Gasteiger partial charge in [-0.1, -0.05) is 18.2 Å². The number of allylic oxidation sites excluding steroid dienone is 4. The van der Waals surface area contributed by atoms with Crippen LogP contribution in [0.1, 0.15) is 46.4 Å². The number of benzene rings is 2. The Kier molecular flexibility index (Phi) is 10.3. The molecule has 2 unspecified atom stereocenters. The van der Waals surface area contributed by atoms with Crippen LogP contribution in [0.3, 0.4) is 0 Å². The number of aryl methyl sites for hydroxylation is 1. The van der Waals surface area contributed by atoms with E-state index >= 15 is 0 Å². The maximum absolute atomic E-state index is 13.2. The Morgan fingerprint density at radius 3 is 2.67 bits per heavy atom. The van der Waals surface area contributed by atoms with Crippen molar-refractivity contribution < 1.29 is 18.0 Å². The van der Waals surface area contributed by atoms with Crippen molar-refractivity contribution in [2.75, 3.05) is 46.1 Å². The van der Waals surface area contributed by atoms with E-state index in [0.717, 1.165) is 54.2 Å². The predicted molar refractivity (Wildman–Crippen MR) is 165 cm³/mol. The lowest BCUT2D eigenvalue weighted by atomic mass is 9.97. The molecule has 1 saturated heterocycles. The number of likely N-dealkylation sites (N-methyl/N-ethyl adjacent to an activating group) is 1. The molecule has 1 fully saturated rings. The molecule has 2 atom stereocenters. The molecule has 2 aromatic rings. The van der Waals surface area contributed by atoms with E-state index in [1.807, 2.05) is 58.3 Å². The Morgan fingerprint density at radius 1 is 1.16 bits per heavy atom. The summed E-state index contributed by atoms with van der Waals surface area (Å²) in [7, 11) is 6.15. The maximum atomic E-state index is 13.2. The molecule has 3 N–H and O–H groups in total. The molecule has 4 rings (SSSR count). The predicted octanol–water partition coefficient (Wildman–Crippen LogP) is 5.31. The Balaban J connectivity index is 1.46. The van der Waals surface area contributed by atoms with Crippen LogP contribution in [-0.2, 0) is 6.18 Å². The largest absolute Gasteiger partial charge is 0.416 e. The fraction of sp³-hybridized carbons (Fsp3) is 0.375. The number of alkyl halides is 3. The zero-order chi connectivity index (χ0) is 31.1. The zero-order valence-corrected chi connectivity index (χ0v) is 25.2. The Hall–Kier alpha value is -4.09. The molecule has 0 aliphatic carbocycles. The summed E-state index contributed by atoms with van der Waals surface area (Å²) in [6.45, 7) is 6.44. The van der Waals surface area contributed by atoms with Gasteiger partial charge in [-0.15, -0.1) is 0 Å². The number of anilines is 1. The first kappa shape index (κ1) is 31.8. The van der Waals surface area contributed by atoms with E-state index in [4.69, 9.17) is 0 Å². The average Bonchev–Trinajstić information content (AvgIpc) is 3.30. The lowest BCUT2D eigenvalue weighted by Crippen LogP contribution is -2.42. The smallest absolute Gasteiger partial charge is 0.355 e. The molecule has 0 saturated carbocycles. The summed E-state index contributed by atoms with van der Waals surface area (Å²) in [5.74, 6) is -0.466. The molecule has 0 spiro atoms. The van der Waals surface area contributed by atoms with Crippen LogP contribution in [0.4, 0.5) is 18.9 Å². The standard InChI is InChI=1S/C32H40F3N7O/c1-6-25(20-37-36-15-9-16-40(3)4)38-28-12-8-17-42-29(21-41(5)31(28)42)27-18-23(14-13-22(27)2)30(43)39-26-11-7-10-24(19-26)32(33,34)35/h6-8,10-14,17-20,29,31,36,38H,9,15-16,21H2,1-5H3,(H,39,43)/b25-6+,37-20-. The maximum Gasteiger partial charge on any atom is 0.416 e. The molecule has 2 aliphatic rings. The number of hydrazone groups is 1. The number of hydrogen-bond donors (Lipinski definition) is 3. The van der Waals surface area contributed by atoms with E-state index in [-0.39, 0.29) is 17.9 Å². The summed E-state index contributed by atoms with van der Waals surface area (Å²) in [5.41, 5.74) is 6.62. The van der Waals surface area contributed by atoms with Crippen molar-refractivity contribution in [3.63, 3.8) is 0 Å². The number of halogens is 3. The molecule has 43 heavy (non-hydrogen) atoms. The number of nitrogens with zero attached hydrogens (tertiary/aromatic N) is 4. The second-order valence-corrected chi connectivity index (χ2v) is 11.0. The van der Waals surface area contributed by atoms with Crippen molar-refractivity contribution in [1.29, 1.82) is 0 Å². The van der Waals surface area contributed by atoms with Crippen LogP contribution in [0.2, 0.25) is 0 Å². The van der Waals surface area contributed by atoms with Gasteiger partial charge in [-0.2, -0.15) is 18.3 Å². The first-order valence-electron chi connectivity index (χ1n) is 14.3. The molecule has 2 aliphatic heterocycles. The SMILES string of the molecule is C/C=C(\C=N/NCCCN(C)C)NC1=CC=CN2C(c3cc(C(=O)Nc4cccc(C(F)(F)F)c4)ccc3C)CN(C)C12. The summed E-state index contributed by atoms with van der Waals surface area (Å²) in [6.07, 6.45) is 6.29. The van der Waals surface area contributed by atoms with Gasteiger partial charge in [0, 0.05) is 30.5 Å². The van der Waals surface area contributed by atoms with Gasteiger partial charge in [-0.05, 0) is 102 Å². The molecule has 11 heteroatoms. The third-order valence-corrected chi connectivity index (χ3v) is 7.47. The number of amides is 1. The van der Waals surface area contributed by atoms with Gasteiger partial charge in [0.2, 0.25) is 0 Å². The van der Waals surface area contributed by atoms with Gasteiger partial charge in [-0.25, -0.2) is 0 Å². The molecule has 2 heterocycles. The van der Waals surface area contributed by atoms with Gasteiger partial charge in [0.15, 0.2) is 0 Å². The number of nitrogens with one attached hydrogen (secondary N) is 3. The van der Waals surface area contributed by atoms with E-state index in [9.17, 15) is 18.0 Å². The molecule has 1 amide bonds. The molecule has 2 aromatic carbocycles. The number of rotatable bonds is 11. The highest BCUT2D eigenvalue weighted by Crippen LogP contribution is 2.38. The van der Waals surface area contributed by atoms with Crippen molar-refractivity contribution in [2.45, 2.75) is 38.7 Å². The van der Waals surface area contributed by atoms with Crippen molar-refractivity contribution >= 4 is 17.8 Å². The van der Waals surface area contributed by atoms with Crippen LogP contribution in [0.15, 0.2) is 83.4 Å². The number of carbonyl (C=O) groups excluding carboxylic acids is 1. The van der Waals surface area contributed by atoms with E-state index in [1.165, 1.54) is 12.1 Å². The monoisotopic (exact) mass is 595 g/mol. The number of fused-ring (bicyclic) bond motifs is 1. The molecule has 8 nitrogen and oxygen atoms in total. The molecule has 0 aromatic heterocycles. The summed E-state index contributed by atoms with van der Waals surface area (Å²) in [5, 5.41) is 10.5. The van der Waals surface area contributed by atoms with Gasteiger partial charge in [-0.3, -0.25) is 9.69 Å². The fourth-order valence-electron chi connectivity index (χ4n) is 5.26. The van der Waals surface area contributed by atoms with Gasteiger partial charge in [0.1, 0.15) is 6.17 Å². The van der Waals surface area contributed by atoms with Crippen LogP contribution in [0, 0.1) is 6.92 Å². The summed E-state index contributed by atoms with van der Waals surface area (Å²) in [6, 6.07) is 10.0. The Bertz CT molecular complexity index is 1410. The van der Waals surface area contributed by atoms with Crippen LogP contribution in [-0.4, -0.2) is 73.8 Å². The third-order valence-electron chi connectivity index (χ3n) is 7.47. The van der Waals surface area contributed by atoms with Crippen LogP contribution in [0.25, 0.3) is 0 Å². The van der Waals surface area contributed by atoms with E-state index in [1.54, 1.807) is 12.3 Å². The van der Waals surface area contributed by atoms with Gasteiger partial charge < -0.3 is 25.9 Å². The van der Waals surface area contributed by atoms with Crippen LogP contribution >= 0.6 is 0 Å². The molecule has 0 bridgehead atoms. The minimum atomic E-state index is -4.49. The second-order valence-electron chi connectivity index (χ2n) is 11.0. The first-order chi connectivity index (χ1) is 20.5. The minimum absolute atomic E-state index is 0.0425. The summed E-state index contributed by atoms with van der Waals surface area (Å²) in [4.78, 5) is 19.7. The highest BCUT2D eigenvalue weighted by atomic mass is 19.4. The Labute approximate surface area is 251 Å². The normalized spacial score (nSPS) is 19.1. The third kappa shape index (κ3) is 8.05. The van der Waals surface area contributed by atoms with Gasteiger partial charge >= 0.3 is 6.18 Å². The van der Waals surface area contributed by atoms with Gasteiger partial charge in [0.05, 0.1) is 29.2 Å². The highest BCUT2D eigenvalue weighted by Gasteiger charge is 2.40.